The molecular weight excluding hydrogens is 277 g/mol. The minimum absolute atomic E-state index is 0.222. The smallest absolute Gasteiger partial charge is 0.161 e. The number of halogens is 1. The monoisotopic (exact) mass is 295 g/mol. The molecular formula is C14H18FN3OS. The predicted octanol–water partition coefficient (Wildman–Crippen LogP) is 2.84. The summed E-state index contributed by atoms with van der Waals surface area (Å²) in [5.74, 6) is 1.09. The van der Waals surface area contributed by atoms with Gasteiger partial charge in [-0.25, -0.2) is 4.39 Å². The van der Waals surface area contributed by atoms with Gasteiger partial charge in [-0.3, -0.25) is 4.68 Å². The van der Waals surface area contributed by atoms with E-state index in [0.717, 1.165) is 17.1 Å². The van der Waals surface area contributed by atoms with Gasteiger partial charge in [0, 0.05) is 17.2 Å². The van der Waals surface area contributed by atoms with Gasteiger partial charge in [0.1, 0.15) is 5.82 Å². The molecule has 0 saturated heterocycles. The Kier molecular flexibility index (Phi) is 5.03. The second-order valence-corrected chi connectivity index (χ2v) is 5.38. The molecule has 108 valence electrons. The average Bonchev–Trinajstić information content (AvgIpc) is 2.88. The molecule has 2 N–H and O–H groups in total. The van der Waals surface area contributed by atoms with Crippen LogP contribution in [0.5, 0.6) is 5.75 Å². The molecule has 0 aliphatic rings. The topological polar surface area (TPSA) is 53.1 Å². The van der Waals surface area contributed by atoms with E-state index in [1.54, 1.807) is 19.4 Å². The molecule has 1 atom stereocenters. The predicted molar refractivity (Wildman–Crippen MR) is 78.5 cm³/mol. The molecule has 0 amide bonds. The first kappa shape index (κ1) is 14.9. The molecule has 0 spiro atoms. The van der Waals surface area contributed by atoms with Gasteiger partial charge in [-0.2, -0.15) is 5.10 Å². The highest BCUT2D eigenvalue weighted by Crippen LogP contribution is 2.28. The molecule has 0 fully saturated rings. The molecule has 20 heavy (non-hydrogen) atoms. The molecule has 2 aromatic rings. The van der Waals surface area contributed by atoms with Crippen molar-refractivity contribution in [2.45, 2.75) is 24.4 Å². The van der Waals surface area contributed by atoms with Crippen LogP contribution in [0.3, 0.4) is 0 Å². The van der Waals surface area contributed by atoms with Crippen molar-refractivity contribution in [2.75, 3.05) is 12.9 Å². The minimum atomic E-state index is -0.236. The van der Waals surface area contributed by atoms with E-state index in [0.29, 0.717) is 11.5 Å². The second-order valence-electron chi connectivity index (χ2n) is 4.29. The van der Waals surface area contributed by atoms with Crippen molar-refractivity contribution in [2.24, 2.45) is 5.73 Å². The number of hydrogen-bond donors (Lipinski definition) is 1. The average molecular weight is 295 g/mol. The number of nitrogens with zero attached hydrogens (tertiary/aromatic N) is 2. The summed E-state index contributed by atoms with van der Waals surface area (Å²) in [5, 5.41) is 4.24. The molecule has 0 aliphatic carbocycles. The van der Waals surface area contributed by atoms with Crippen molar-refractivity contribution in [3.8, 4) is 5.75 Å². The van der Waals surface area contributed by atoms with Crippen molar-refractivity contribution >= 4 is 11.8 Å². The van der Waals surface area contributed by atoms with E-state index in [9.17, 15) is 4.39 Å². The van der Waals surface area contributed by atoms with Gasteiger partial charge < -0.3 is 10.5 Å². The Balaban J connectivity index is 2.08. The standard InChI is InChI=1S/C14H18FN3OS/c1-3-18-14(13(19-2)8-17-18)12(16)9-20-11-6-4-5-10(15)7-11/h4-8,12H,3,9,16H2,1-2H3. The molecule has 1 unspecified atom stereocenters. The first-order valence-corrected chi connectivity index (χ1v) is 7.38. The lowest BCUT2D eigenvalue weighted by molar-refractivity contribution is 0.403. The lowest BCUT2D eigenvalue weighted by Gasteiger charge is -2.14. The fourth-order valence-corrected chi connectivity index (χ4v) is 2.88. The molecule has 0 aliphatic heterocycles. The van der Waals surface area contributed by atoms with Crippen LogP contribution in [-0.2, 0) is 6.54 Å². The molecule has 0 radical (unpaired) electrons. The Morgan fingerprint density at radius 1 is 1.50 bits per heavy atom. The zero-order valence-corrected chi connectivity index (χ0v) is 12.4. The fraction of sp³-hybridized carbons (Fsp3) is 0.357. The summed E-state index contributed by atoms with van der Waals surface area (Å²) in [6, 6.07) is 6.28. The highest BCUT2D eigenvalue weighted by molar-refractivity contribution is 7.99. The van der Waals surface area contributed by atoms with Crippen LogP contribution in [0.15, 0.2) is 35.4 Å². The molecule has 6 heteroatoms. The van der Waals surface area contributed by atoms with E-state index in [4.69, 9.17) is 10.5 Å². The van der Waals surface area contributed by atoms with Gasteiger partial charge in [0.25, 0.3) is 0 Å². The SMILES string of the molecule is CCn1ncc(OC)c1C(N)CSc1cccc(F)c1. The van der Waals surface area contributed by atoms with Gasteiger partial charge in [-0.15, -0.1) is 11.8 Å². The van der Waals surface area contributed by atoms with E-state index in [2.05, 4.69) is 5.10 Å². The van der Waals surface area contributed by atoms with Crippen LogP contribution in [-0.4, -0.2) is 22.6 Å². The molecule has 0 bridgehead atoms. The minimum Gasteiger partial charge on any atom is -0.493 e. The van der Waals surface area contributed by atoms with Crippen molar-refractivity contribution in [3.05, 3.63) is 42.0 Å². The maximum atomic E-state index is 13.1. The quantitative estimate of drug-likeness (QED) is 0.833. The van der Waals surface area contributed by atoms with Crippen LogP contribution in [0, 0.1) is 5.82 Å². The van der Waals surface area contributed by atoms with Gasteiger partial charge in [0.05, 0.1) is 25.0 Å². The number of aryl methyl sites for hydroxylation is 1. The van der Waals surface area contributed by atoms with Crippen molar-refractivity contribution < 1.29 is 9.13 Å². The van der Waals surface area contributed by atoms with Crippen LogP contribution in [0.25, 0.3) is 0 Å². The third-order valence-electron chi connectivity index (χ3n) is 2.94. The number of hydrogen-bond acceptors (Lipinski definition) is 4. The maximum Gasteiger partial charge on any atom is 0.161 e. The summed E-state index contributed by atoms with van der Waals surface area (Å²) in [7, 11) is 1.60. The van der Waals surface area contributed by atoms with Crippen LogP contribution < -0.4 is 10.5 Å². The number of methoxy groups -OCH3 is 1. The first-order chi connectivity index (χ1) is 9.65. The molecule has 4 nitrogen and oxygen atoms in total. The zero-order chi connectivity index (χ0) is 14.5. The summed E-state index contributed by atoms with van der Waals surface area (Å²) in [6.07, 6.45) is 1.67. The van der Waals surface area contributed by atoms with Gasteiger partial charge in [-0.05, 0) is 25.1 Å². The lowest BCUT2D eigenvalue weighted by Crippen LogP contribution is -2.19. The number of aromatic nitrogens is 2. The maximum absolute atomic E-state index is 13.1. The molecule has 1 heterocycles. The van der Waals surface area contributed by atoms with Crippen LogP contribution in [0.4, 0.5) is 4.39 Å². The summed E-state index contributed by atoms with van der Waals surface area (Å²) in [5.41, 5.74) is 7.10. The van der Waals surface area contributed by atoms with E-state index in [-0.39, 0.29) is 11.9 Å². The summed E-state index contributed by atoms with van der Waals surface area (Å²) in [4.78, 5) is 0.863. The number of nitrogens with two attached hydrogens (primary N) is 1. The van der Waals surface area contributed by atoms with Crippen LogP contribution >= 0.6 is 11.8 Å². The third-order valence-corrected chi connectivity index (χ3v) is 4.05. The Morgan fingerprint density at radius 3 is 2.95 bits per heavy atom. The van der Waals surface area contributed by atoms with Crippen LogP contribution in [0.1, 0.15) is 18.7 Å². The van der Waals surface area contributed by atoms with Gasteiger partial charge in [0.15, 0.2) is 5.75 Å². The zero-order valence-electron chi connectivity index (χ0n) is 11.5. The normalized spacial score (nSPS) is 12.4. The van der Waals surface area contributed by atoms with E-state index in [1.165, 1.54) is 23.9 Å². The molecule has 1 aromatic carbocycles. The summed E-state index contributed by atoms with van der Waals surface area (Å²) >= 11 is 1.52. The van der Waals surface area contributed by atoms with Crippen molar-refractivity contribution in [3.63, 3.8) is 0 Å². The largest absolute Gasteiger partial charge is 0.493 e. The lowest BCUT2D eigenvalue weighted by atomic mass is 10.2. The van der Waals surface area contributed by atoms with E-state index < -0.39 is 0 Å². The van der Waals surface area contributed by atoms with Gasteiger partial charge in [0.2, 0.25) is 0 Å². The number of thioether (sulfide) groups is 1. The Morgan fingerprint density at radius 2 is 2.30 bits per heavy atom. The Hall–Kier alpha value is -1.53. The van der Waals surface area contributed by atoms with Crippen molar-refractivity contribution in [1.82, 2.24) is 9.78 Å². The number of ether oxygens (including phenoxy) is 1. The highest BCUT2D eigenvalue weighted by Gasteiger charge is 2.18. The summed E-state index contributed by atoms with van der Waals surface area (Å²) < 4.78 is 20.2. The van der Waals surface area contributed by atoms with Gasteiger partial charge >= 0.3 is 0 Å². The fourth-order valence-electron chi connectivity index (χ4n) is 1.98. The molecule has 0 saturated carbocycles. The number of rotatable bonds is 6. The summed E-state index contributed by atoms with van der Waals surface area (Å²) in [6.45, 7) is 2.74. The molecule has 1 aromatic heterocycles. The van der Waals surface area contributed by atoms with Crippen molar-refractivity contribution in [1.29, 1.82) is 0 Å². The third kappa shape index (κ3) is 3.32. The Bertz CT molecular complexity index is 552. The first-order valence-electron chi connectivity index (χ1n) is 6.39. The van der Waals surface area contributed by atoms with Crippen LogP contribution in [0.2, 0.25) is 0 Å². The Labute approximate surface area is 122 Å². The number of benzene rings is 1. The van der Waals surface area contributed by atoms with E-state index in [1.807, 2.05) is 17.7 Å². The second kappa shape index (κ2) is 6.76. The highest BCUT2D eigenvalue weighted by atomic mass is 32.2. The van der Waals surface area contributed by atoms with Gasteiger partial charge in [-0.1, -0.05) is 6.07 Å². The van der Waals surface area contributed by atoms with E-state index >= 15 is 0 Å². The molecule has 2 rings (SSSR count).